The second-order valence-electron chi connectivity index (χ2n) is 7.41. The number of imidazole rings is 1. The molecule has 3 aromatic rings. The van der Waals surface area contributed by atoms with Crippen molar-refractivity contribution in [3.8, 4) is 17.0 Å². The number of benzene rings is 1. The van der Waals surface area contributed by atoms with E-state index in [0.717, 1.165) is 48.6 Å². The number of aromatic nitrogens is 2. The third-order valence-electron chi connectivity index (χ3n) is 5.55. The number of methoxy groups -OCH3 is 1. The second-order valence-corrected chi connectivity index (χ2v) is 7.81. The molecule has 0 saturated carbocycles. The molecule has 0 radical (unpaired) electrons. The van der Waals surface area contributed by atoms with Gasteiger partial charge in [0, 0.05) is 55.9 Å². The summed E-state index contributed by atoms with van der Waals surface area (Å²) in [6.07, 6.45) is 5.22. The normalized spacial score (nSPS) is 15.2. The van der Waals surface area contributed by atoms with Crippen LogP contribution in [0.15, 0.2) is 36.7 Å². The maximum atomic E-state index is 9.80. The number of rotatable bonds is 6. The van der Waals surface area contributed by atoms with E-state index in [4.69, 9.17) is 21.3 Å². The van der Waals surface area contributed by atoms with Gasteiger partial charge in [-0.3, -0.25) is 4.90 Å². The van der Waals surface area contributed by atoms with Gasteiger partial charge < -0.3 is 19.1 Å². The van der Waals surface area contributed by atoms with Gasteiger partial charge in [0.15, 0.2) is 0 Å². The molecule has 29 heavy (non-hydrogen) atoms. The van der Waals surface area contributed by atoms with Crippen molar-refractivity contribution in [1.82, 2.24) is 14.3 Å². The molecule has 154 valence electrons. The van der Waals surface area contributed by atoms with Crippen LogP contribution >= 0.6 is 11.6 Å². The number of aliphatic hydroxyl groups is 1. The lowest BCUT2D eigenvalue weighted by molar-refractivity contribution is 0.258. The highest BCUT2D eigenvalue weighted by molar-refractivity contribution is 6.32. The molecule has 1 aromatic carbocycles. The maximum Gasteiger partial charge on any atom is 0.139 e. The Hall–Kier alpha value is -2.28. The molecule has 1 fully saturated rings. The third-order valence-corrected chi connectivity index (χ3v) is 5.84. The largest absolute Gasteiger partial charge is 0.495 e. The Labute approximate surface area is 176 Å². The third kappa shape index (κ3) is 4.06. The highest BCUT2D eigenvalue weighted by Crippen LogP contribution is 2.34. The fourth-order valence-electron chi connectivity index (χ4n) is 3.96. The molecule has 1 aliphatic heterocycles. The van der Waals surface area contributed by atoms with Crippen molar-refractivity contribution in [2.24, 2.45) is 0 Å². The van der Waals surface area contributed by atoms with Gasteiger partial charge in [-0.1, -0.05) is 18.5 Å². The monoisotopic (exact) mass is 414 g/mol. The Balaban J connectivity index is 1.62. The lowest BCUT2D eigenvalue weighted by atomic mass is 10.1. The highest BCUT2D eigenvalue weighted by atomic mass is 35.5. The van der Waals surface area contributed by atoms with E-state index < -0.39 is 0 Å². The van der Waals surface area contributed by atoms with E-state index in [1.165, 1.54) is 18.7 Å². The number of pyridine rings is 1. The molecular formula is C22H27ClN4O2. The van der Waals surface area contributed by atoms with Gasteiger partial charge in [-0.25, -0.2) is 4.98 Å². The van der Waals surface area contributed by atoms with Gasteiger partial charge >= 0.3 is 0 Å². The van der Waals surface area contributed by atoms with Crippen LogP contribution in [0.5, 0.6) is 5.75 Å². The Kier molecular flexibility index (Phi) is 5.94. The van der Waals surface area contributed by atoms with Crippen molar-refractivity contribution in [3.63, 3.8) is 0 Å². The minimum atomic E-state index is -0.107. The molecule has 0 amide bonds. The zero-order valence-corrected chi connectivity index (χ0v) is 17.7. The number of nitrogens with zero attached hydrogens (tertiary/aromatic N) is 4. The minimum Gasteiger partial charge on any atom is -0.495 e. The van der Waals surface area contributed by atoms with Crippen molar-refractivity contribution in [2.75, 3.05) is 44.7 Å². The topological polar surface area (TPSA) is 53.2 Å². The van der Waals surface area contributed by atoms with Gasteiger partial charge in [0.05, 0.1) is 24.4 Å². The fraction of sp³-hybridized carbons (Fsp3) is 0.409. The summed E-state index contributed by atoms with van der Waals surface area (Å²) in [5.74, 6) is 0.549. The van der Waals surface area contributed by atoms with Crippen LogP contribution in [0.1, 0.15) is 18.9 Å². The summed E-state index contributed by atoms with van der Waals surface area (Å²) in [5.41, 5.74) is 4.41. The van der Waals surface area contributed by atoms with Crippen LogP contribution in [-0.2, 0) is 6.61 Å². The van der Waals surface area contributed by atoms with Crippen molar-refractivity contribution in [1.29, 1.82) is 0 Å². The summed E-state index contributed by atoms with van der Waals surface area (Å²) in [6.45, 7) is 7.57. The zero-order valence-electron chi connectivity index (χ0n) is 16.9. The first-order valence-corrected chi connectivity index (χ1v) is 10.4. The molecule has 2 aromatic heterocycles. The lowest BCUT2D eigenvalue weighted by Gasteiger charge is -2.35. The number of piperazine rings is 1. The summed E-state index contributed by atoms with van der Waals surface area (Å²) in [7, 11) is 1.57. The number of hydrogen-bond acceptors (Lipinski definition) is 5. The number of anilines is 1. The lowest BCUT2D eigenvalue weighted by Crippen LogP contribution is -2.46. The van der Waals surface area contributed by atoms with Gasteiger partial charge in [0.1, 0.15) is 11.4 Å². The fourth-order valence-corrected chi connectivity index (χ4v) is 4.21. The molecule has 1 aliphatic rings. The van der Waals surface area contributed by atoms with E-state index in [1.54, 1.807) is 13.2 Å². The molecule has 0 aliphatic carbocycles. The quantitative estimate of drug-likeness (QED) is 0.666. The predicted octanol–water partition coefficient (Wildman–Crippen LogP) is 3.69. The smallest absolute Gasteiger partial charge is 0.139 e. The molecule has 0 spiro atoms. The molecule has 1 saturated heterocycles. The zero-order chi connectivity index (χ0) is 20.4. The van der Waals surface area contributed by atoms with Crippen molar-refractivity contribution in [2.45, 2.75) is 20.0 Å². The number of aliphatic hydroxyl groups excluding tert-OH is 1. The second kappa shape index (κ2) is 8.61. The number of fused-ring (bicyclic) bond motifs is 1. The average molecular weight is 415 g/mol. The first-order valence-electron chi connectivity index (χ1n) is 10.1. The van der Waals surface area contributed by atoms with E-state index in [-0.39, 0.29) is 6.61 Å². The maximum absolute atomic E-state index is 9.80. The van der Waals surface area contributed by atoms with Crippen molar-refractivity contribution < 1.29 is 9.84 Å². The summed E-state index contributed by atoms with van der Waals surface area (Å²) in [5, 5.41) is 10.3. The van der Waals surface area contributed by atoms with Crippen LogP contribution < -0.4 is 9.64 Å². The van der Waals surface area contributed by atoms with E-state index >= 15 is 0 Å². The first-order chi connectivity index (χ1) is 14.1. The van der Waals surface area contributed by atoms with E-state index in [9.17, 15) is 5.11 Å². The van der Waals surface area contributed by atoms with Crippen molar-refractivity contribution >= 4 is 22.9 Å². The minimum absolute atomic E-state index is 0.107. The molecule has 3 heterocycles. The van der Waals surface area contributed by atoms with Crippen LogP contribution in [-0.4, -0.2) is 59.2 Å². The average Bonchev–Trinajstić information content (AvgIpc) is 3.17. The molecule has 0 bridgehead atoms. The van der Waals surface area contributed by atoms with E-state index in [2.05, 4.69) is 28.9 Å². The number of ether oxygens (including phenoxy) is 1. The number of hydrogen-bond donors (Lipinski definition) is 1. The van der Waals surface area contributed by atoms with Crippen LogP contribution in [0.4, 0.5) is 5.69 Å². The number of halogens is 1. The van der Waals surface area contributed by atoms with Crippen molar-refractivity contribution in [3.05, 3.63) is 47.2 Å². The van der Waals surface area contributed by atoms with Crippen LogP contribution in [0, 0.1) is 0 Å². The molecule has 4 rings (SSSR count). The van der Waals surface area contributed by atoms with Crippen LogP contribution in [0.2, 0.25) is 5.02 Å². The molecule has 1 N–H and O–H groups in total. The summed E-state index contributed by atoms with van der Waals surface area (Å²) in [6, 6.07) is 7.84. The Bertz CT molecular complexity index is 996. The molecule has 7 heteroatoms. The van der Waals surface area contributed by atoms with Crippen LogP contribution in [0.3, 0.4) is 0 Å². The standard InChI is InChI=1S/C22H27ClN4O2/c1-3-5-25-7-9-26(10-8-25)17-4-6-27-14-20(24-22(27)12-17)18-13-19(23)21(29-2)11-16(18)15-28/h4,6,11-14,28H,3,5,7-10,15H2,1-2H3. The van der Waals surface area contributed by atoms with Gasteiger partial charge in [-0.15, -0.1) is 0 Å². The first kappa shape index (κ1) is 20.0. The van der Waals surface area contributed by atoms with E-state index in [1.807, 2.05) is 22.9 Å². The van der Waals surface area contributed by atoms with Gasteiger partial charge in [-0.05, 0) is 36.7 Å². The Morgan fingerprint density at radius 1 is 1.17 bits per heavy atom. The SMILES string of the molecule is CCCN1CCN(c2ccn3cc(-c4cc(Cl)c(OC)cc4CO)nc3c2)CC1. The Morgan fingerprint density at radius 2 is 1.97 bits per heavy atom. The van der Waals surface area contributed by atoms with E-state index in [0.29, 0.717) is 10.8 Å². The molecule has 0 unspecified atom stereocenters. The predicted molar refractivity (Wildman–Crippen MR) is 117 cm³/mol. The molecule has 6 nitrogen and oxygen atoms in total. The summed E-state index contributed by atoms with van der Waals surface area (Å²) < 4.78 is 7.27. The Morgan fingerprint density at radius 3 is 2.66 bits per heavy atom. The summed E-state index contributed by atoms with van der Waals surface area (Å²) in [4.78, 5) is 9.74. The summed E-state index contributed by atoms with van der Waals surface area (Å²) >= 11 is 6.32. The van der Waals surface area contributed by atoms with Gasteiger partial charge in [0.25, 0.3) is 0 Å². The highest BCUT2D eigenvalue weighted by Gasteiger charge is 2.18. The van der Waals surface area contributed by atoms with Crippen LogP contribution in [0.25, 0.3) is 16.9 Å². The van der Waals surface area contributed by atoms with Gasteiger partial charge in [-0.2, -0.15) is 0 Å². The molecular weight excluding hydrogens is 388 g/mol. The van der Waals surface area contributed by atoms with Gasteiger partial charge in [0.2, 0.25) is 0 Å². The molecule has 0 atom stereocenters.